The molecule has 1 fully saturated rings. The molecule has 1 aliphatic heterocycles. The number of ether oxygens (including phenoxy) is 1. The molecule has 0 aliphatic carbocycles. The van der Waals surface area contributed by atoms with Crippen LogP contribution >= 0.6 is 11.3 Å². The molecule has 1 aliphatic rings. The maximum Gasteiger partial charge on any atom is 0.239 e. The second kappa shape index (κ2) is 9.75. The molecule has 2 aromatic rings. The quantitative estimate of drug-likeness (QED) is 0.700. The Kier molecular flexibility index (Phi) is 7.10. The monoisotopic (exact) mass is 429 g/mol. The molecule has 0 bridgehead atoms. The number of thiophene rings is 1. The van der Waals surface area contributed by atoms with Gasteiger partial charge >= 0.3 is 0 Å². The van der Waals surface area contributed by atoms with Crippen LogP contribution in [0, 0.1) is 12.8 Å². The van der Waals surface area contributed by atoms with E-state index in [0.29, 0.717) is 24.5 Å². The third-order valence-electron chi connectivity index (χ3n) is 5.17. The molecule has 0 saturated carbocycles. The van der Waals surface area contributed by atoms with Crippen LogP contribution in [0.4, 0.5) is 5.69 Å². The lowest BCUT2D eigenvalue weighted by Gasteiger charge is -2.24. The number of methoxy groups -OCH3 is 1. The number of carbonyl (C=O) groups is 3. The van der Waals surface area contributed by atoms with E-state index in [-0.39, 0.29) is 37.2 Å². The van der Waals surface area contributed by atoms with Gasteiger partial charge in [-0.15, -0.1) is 11.3 Å². The van der Waals surface area contributed by atoms with Crippen molar-refractivity contribution in [1.82, 2.24) is 10.2 Å². The number of nitrogens with zero attached hydrogens (tertiary/aromatic N) is 2. The van der Waals surface area contributed by atoms with E-state index in [4.69, 9.17) is 4.74 Å². The van der Waals surface area contributed by atoms with E-state index in [1.807, 2.05) is 49.6 Å². The highest BCUT2D eigenvalue weighted by Gasteiger charge is 2.38. The van der Waals surface area contributed by atoms with Gasteiger partial charge < -0.3 is 19.9 Å². The second-order valence-electron chi connectivity index (χ2n) is 7.29. The van der Waals surface area contributed by atoms with Gasteiger partial charge in [0, 0.05) is 24.4 Å². The lowest BCUT2D eigenvalue weighted by Crippen LogP contribution is -2.43. The van der Waals surface area contributed by atoms with Crippen molar-refractivity contribution in [1.29, 1.82) is 0 Å². The Morgan fingerprint density at radius 2 is 2.13 bits per heavy atom. The molecule has 7 nitrogen and oxygen atoms in total. The first-order chi connectivity index (χ1) is 14.4. The average Bonchev–Trinajstić information content (AvgIpc) is 3.39. The first kappa shape index (κ1) is 21.8. The molecule has 1 aromatic carbocycles. The molecule has 2 heterocycles. The van der Waals surface area contributed by atoms with E-state index in [9.17, 15) is 14.4 Å². The molecule has 1 atom stereocenters. The van der Waals surface area contributed by atoms with Gasteiger partial charge in [-0.3, -0.25) is 14.4 Å². The van der Waals surface area contributed by atoms with Gasteiger partial charge in [0.05, 0.1) is 31.8 Å². The topological polar surface area (TPSA) is 79.0 Å². The number of rotatable bonds is 8. The van der Waals surface area contributed by atoms with Crippen molar-refractivity contribution < 1.29 is 19.1 Å². The lowest BCUT2D eigenvalue weighted by molar-refractivity contribution is -0.139. The van der Waals surface area contributed by atoms with Gasteiger partial charge in [-0.25, -0.2) is 0 Å². The van der Waals surface area contributed by atoms with E-state index in [1.165, 1.54) is 4.90 Å². The Labute approximate surface area is 180 Å². The second-order valence-corrected chi connectivity index (χ2v) is 8.32. The van der Waals surface area contributed by atoms with Crippen LogP contribution < -0.4 is 15.0 Å². The fourth-order valence-corrected chi connectivity index (χ4v) is 4.19. The Balaban J connectivity index is 1.63. The van der Waals surface area contributed by atoms with Crippen LogP contribution in [0.1, 0.15) is 23.8 Å². The average molecular weight is 430 g/mol. The van der Waals surface area contributed by atoms with Crippen molar-refractivity contribution in [3.05, 3.63) is 46.2 Å². The van der Waals surface area contributed by atoms with Gasteiger partial charge in [0.15, 0.2) is 0 Å². The first-order valence-electron chi connectivity index (χ1n) is 9.95. The van der Waals surface area contributed by atoms with Crippen LogP contribution in [0.15, 0.2) is 35.7 Å². The van der Waals surface area contributed by atoms with Crippen LogP contribution in [-0.4, -0.2) is 49.4 Å². The summed E-state index contributed by atoms with van der Waals surface area (Å²) in [5, 5.41) is 4.80. The molecule has 3 amide bonds. The van der Waals surface area contributed by atoms with E-state index in [0.717, 1.165) is 10.4 Å². The Bertz CT molecular complexity index is 913. The molecule has 0 spiro atoms. The third-order valence-corrected chi connectivity index (χ3v) is 6.04. The highest BCUT2D eigenvalue weighted by Crippen LogP contribution is 2.34. The number of aryl methyl sites for hydroxylation is 1. The van der Waals surface area contributed by atoms with E-state index >= 15 is 0 Å². The zero-order valence-corrected chi connectivity index (χ0v) is 18.3. The summed E-state index contributed by atoms with van der Waals surface area (Å²) in [5.74, 6) is -0.378. The summed E-state index contributed by atoms with van der Waals surface area (Å²) in [4.78, 5) is 42.2. The molecule has 1 aromatic heterocycles. The highest BCUT2D eigenvalue weighted by atomic mass is 32.1. The minimum atomic E-state index is -0.479. The molecular weight excluding hydrogens is 402 g/mol. The molecule has 0 unspecified atom stereocenters. The number of anilines is 1. The number of amides is 3. The Morgan fingerprint density at radius 1 is 1.33 bits per heavy atom. The van der Waals surface area contributed by atoms with Crippen molar-refractivity contribution in [2.75, 3.05) is 31.6 Å². The highest BCUT2D eigenvalue weighted by molar-refractivity contribution is 7.09. The van der Waals surface area contributed by atoms with E-state index < -0.39 is 5.92 Å². The fraction of sp³-hybridized carbons (Fsp3) is 0.409. The Morgan fingerprint density at radius 3 is 2.80 bits per heavy atom. The van der Waals surface area contributed by atoms with Crippen molar-refractivity contribution in [2.45, 2.75) is 26.8 Å². The maximum atomic E-state index is 13.0. The minimum Gasteiger partial charge on any atom is -0.495 e. The molecule has 8 heteroatoms. The van der Waals surface area contributed by atoms with Crippen LogP contribution in [0.25, 0.3) is 0 Å². The fourth-order valence-electron chi connectivity index (χ4n) is 3.55. The summed E-state index contributed by atoms with van der Waals surface area (Å²) in [7, 11) is 1.56. The predicted octanol–water partition coefficient (Wildman–Crippen LogP) is 2.58. The van der Waals surface area contributed by atoms with Crippen molar-refractivity contribution >= 4 is 34.7 Å². The summed E-state index contributed by atoms with van der Waals surface area (Å²) < 4.78 is 5.39. The Hall–Kier alpha value is -2.87. The normalized spacial score (nSPS) is 15.9. The number of likely N-dealkylation sites (N-methyl/N-ethyl adjacent to an activating group) is 1. The largest absolute Gasteiger partial charge is 0.495 e. The summed E-state index contributed by atoms with van der Waals surface area (Å²) in [6.07, 6.45) is 0.128. The van der Waals surface area contributed by atoms with E-state index in [2.05, 4.69) is 5.32 Å². The van der Waals surface area contributed by atoms with Crippen molar-refractivity contribution in [3.63, 3.8) is 0 Å². The predicted molar refractivity (Wildman–Crippen MR) is 117 cm³/mol. The molecule has 1 saturated heterocycles. The first-order valence-corrected chi connectivity index (χ1v) is 10.8. The lowest BCUT2D eigenvalue weighted by atomic mass is 10.1. The van der Waals surface area contributed by atoms with Crippen molar-refractivity contribution in [3.8, 4) is 5.75 Å². The zero-order chi connectivity index (χ0) is 21.7. The molecule has 160 valence electrons. The van der Waals surface area contributed by atoms with Gasteiger partial charge in [-0.1, -0.05) is 12.1 Å². The van der Waals surface area contributed by atoms with Gasteiger partial charge in [-0.05, 0) is 43.0 Å². The third kappa shape index (κ3) is 4.99. The van der Waals surface area contributed by atoms with Gasteiger partial charge in [0.1, 0.15) is 5.75 Å². The SMILES string of the molecule is CCN(CC(=O)NCc1cccs1)C(=O)[C@H]1CC(=O)N(c2cc(C)ccc2OC)C1. The van der Waals surface area contributed by atoms with Crippen LogP contribution in [0.5, 0.6) is 5.75 Å². The number of nitrogens with one attached hydrogen (secondary N) is 1. The number of hydrogen-bond acceptors (Lipinski definition) is 5. The molecule has 30 heavy (non-hydrogen) atoms. The molecule has 3 rings (SSSR count). The number of hydrogen-bond donors (Lipinski definition) is 1. The van der Waals surface area contributed by atoms with Crippen LogP contribution in [-0.2, 0) is 20.9 Å². The minimum absolute atomic E-state index is 0.0147. The number of carbonyl (C=O) groups excluding carboxylic acids is 3. The van der Waals surface area contributed by atoms with Gasteiger partial charge in [0.25, 0.3) is 0 Å². The molecular formula is C22H27N3O4S. The molecule has 1 N–H and O–H groups in total. The summed E-state index contributed by atoms with van der Waals surface area (Å²) in [5.41, 5.74) is 1.68. The van der Waals surface area contributed by atoms with Gasteiger partial charge in [-0.2, -0.15) is 0 Å². The number of benzene rings is 1. The maximum absolute atomic E-state index is 13.0. The van der Waals surface area contributed by atoms with Gasteiger partial charge in [0.2, 0.25) is 17.7 Å². The standard InChI is InChI=1S/C22H27N3O4S/c1-4-24(14-20(26)23-12-17-6-5-9-30-17)22(28)16-11-21(27)25(13-16)18-10-15(2)7-8-19(18)29-3/h5-10,16H,4,11-14H2,1-3H3,(H,23,26)/t16-/m0/s1. The van der Waals surface area contributed by atoms with Crippen LogP contribution in [0.2, 0.25) is 0 Å². The molecule has 0 radical (unpaired) electrons. The summed E-state index contributed by atoms with van der Waals surface area (Å²) in [6.45, 7) is 4.90. The van der Waals surface area contributed by atoms with Crippen LogP contribution in [0.3, 0.4) is 0 Å². The zero-order valence-electron chi connectivity index (χ0n) is 17.5. The van der Waals surface area contributed by atoms with Crippen molar-refractivity contribution in [2.24, 2.45) is 5.92 Å². The summed E-state index contributed by atoms with van der Waals surface area (Å²) in [6, 6.07) is 9.51. The smallest absolute Gasteiger partial charge is 0.239 e. The summed E-state index contributed by atoms with van der Waals surface area (Å²) >= 11 is 1.57. The van der Waals surface area contributed by atoms with E-state index in [1.54, 1.807) is 23.3 Å².